The third-order valence-electron chi connectivity index (χ3n) is 6.30. The van der Waals surface area contributed by atoms with Crippen LogP contribution in [0.3, 0.4) is 0 Å². The zero-order chi connectivity index (χ0) is 22.0. The van der Waals surface area contributed by atoms with E-state index in [-0.39, 0.29) is 30.3 Å². The first-order valence-corrected chi connectivity index (χ1v) is 10.6. The van der Waals surface area contributed by atoms with E-state index < -0.39 is 6.04 Å². The highest BCUT2D eigenvalue weighted by atomic mass is 16.2. The highest BCUT2D eigenvalue weighted by Gasteiger charge is 2.42. The molecule has 2 heterocycles. The molecule has 4 rings (SSSR count). The minimum absolute atomic E-state index is 0.0339. The summed E-state index contributed by atoms with van der Waals surface area (Å²) in [5.74, 6) is -0.392. The number of imide groups is 1. The lowest BCUT2D eigenvalue weighted by molar-refractivity contribution is -0.137. The number of hydrogen-bond acceptors (Lipinski definition) is 4. The van der Waals surface area contributed by atoms with Gasteiger partial charge in [0.25, 0.3) is 5.91 Å². The van der Waals surface area contributed by atoms with Gasteiger partial charge in [-0.15, -0.1) is 0 Å². The molecule has 2 aliphatic rings. The third kappa shape index (κ3) is 4.18. The van der Waals surface area contributed by atoms with Crippen LogP contribution in [0.4, 0.5) is 4.79 Å². The fourth-order valence-electron chi connectivity index (χ4n) is 4.49. The van der Waals surface area contributed by atoms with Crippen LogP contribution in [0.2, 0.25) is 0 Å². The SMILES string of the molecule is CN1C(=O)[C@H](CC(=O)N2CCN(C(c3ccccc3)c3ccccc3)CC2)N(C)C1=O. The summed E-state index contributed by atoms with van der Waals surface area (Å²) in [5, 5.41) is 0. The van der Waals surface area contributed by atoms with E-state index >= 15 is 0 Å². The highest BCUT2D eigenvalue weighted by molar-refractivity contribution is 6.05. The summed E-state index contributed by atoms with van der Waals surface area (Å²) in [4.78, 5) is 43.8. The minimum Gasteiger partial charge on any atom is -0.340 e. The molecule has 2 aliphatic heterocycles. The van der Waals surface area contributed by atoms with Gasteiger partial charge in [0.15, 0.2) is 0 Å². The van der Waals surface area contributed by atoms with E-state index in [4.69, 9.17) is 0 Å². The number of piperazine rings is 1. The Balaban J connectivity index is 1.43. The van der Waals surface area contributed by atoms with Gasteiger partial charge in [0, 0.05) is 40.3 Å². The van der Waals surface area contributed by atoms with Crippen LogP contribution in [0.1, 0.15) is 23.6 Å². The molecule has 0 unspecified atom stereocenters. The second kappa shape index (κ2) is 8.89. The van der Waals surface area contributed by atoms with Crippen molar-refractivity contribution in [2.24, 2.45) is 0 Å². The van der Waals surface area contributed by atoms with Crippen LogP contribution >= 0.6 is 0 Å². The quantitative estimate of drug-likeness (QED) is 0.696. The molecular weight excluding hydrogens is 392 g/mol. The molecule has 2 fully saturated rings. The fraction of sp³-hybridized carbons (Fsp3) is 0.375. The number of hydrogen-bond donors (Lipinski definition) is 0. The summed E-state index contributed by atoms with van der Waals surface area (Å²) in [6.45, 7) is 2.69. The Bertz CT molecular complexity index is 902. The summed E-state index contributed by atoms with van der Waals surface area (Å²) < 4.78 is 0. The second-order valence-corrected chi connectivity index (χ2v) is 8.15. The van der Waals surface area contributed by atoms with Gasteiger partial charge < -0.3 is 9.80 Å². The normalized spacial score (nSPS) is 20.1. The molecular formula is C24H28N4O3. The monoisotopic (exact) mass is 420 g/mol. The molecule has 0 N–H and O–H groups in total. The number of likely N-dealkylation sites (N-methyl/N-ethyl adjacent to an activating group) is 2. The molecule has 31 heavy (non-hydrogen) atoms. The van der Waals surface area contributed by atoms with Crippen LogP contribution in [-0.2, 0) is 9.59 Å². The van der Waals surface area contributed by atoms with Gasteiger partial charge in [0.1, 0.15) is 6.04 Å². The maximum atomic E-state index is 12.9. The van der Waals surface area contributed by atoms with Gasteiger partial charge in [-0.25, -0.2) is 4.79 Å². The van der Waals surface area contributed by atoms with Crippen LogP contribution in [0, 0.1) is 0 Å². The molecule has 2 aromatic rings. The van der Waals surface area contributed by atoms with Crippen molar-refractivity contribution in [3.8, 4) is 0 Å². The number of nitrogens with zero attached hydrogens (tertiary/aromatic N) is 4. The highest BCUT2D eigenvalue weighted by Crippen LogP contribution is 2.29. The van der Waals surface area contributed by atoms with Crippen molar-refractivity contribution in [1.82, 2.24) is 19.6 Å². The van der Waals surface area contributed by atoms with Crippen molar-refractivity contribution in [3.63, 3.8) is 0 Å². The molecule has 0 spiro atoms. The summed E-state index contributed by atoms with van der Waals surface area (Å²) in [6, 6.07) is 19.9. The predicted octanol–water partition coefficient (Wildman–Crippen LogP) is 2.20. The number of carbonyl (C=O) groups excluding carboxylic acids is 3. The van der Waals surface area contributed by atoms with Gasteiger partial charge >= 0.3 is 6.03 Å². The van der Waals surface area contributed by atoms with E-state index in [0.717, 1.165) is 18.0 Å². The van der Waals surface area contributed by atoms with Crippen LogP contribution in [-0.4, -0.2) is 83.8 Å². The largest absolute Gasteiger partial charge is 0.340 e. The summed E-state index contributed by atoms with van der Waals surface area (Å²) in [5.41, 5.74) is 2.46. The molecule has 1 atom stereocenters. The molecule has 4 amide bonds. The van der Waals surface area contributed by atoms with Gasteiger partial charge in [-0.05, 0) is 11.1 Å². The number of rotatable bonds is 5. The van der Waals surface area contributed by atoms with Gasteiger partial charge in [0.2, 0.25) is 5.91 Å². The van der Waals surface area contributed by atoms with Gasteiger partial charge in [-0.3, -0.25) is 19.4 Å². The maximum absolute atomic E-state index is 12.9. The molecule has 0 aliphatic carbocycles. The van der Waals surface area contributed by atoms with Crippen molar-refractivity contribution >= 4 is 17.8 Å². The smallest absolute Gasteiger partial charge is 0.326 e. The Morgan fingerprint density at radius 1 is 0.871 bits per heavy atom. The summed E-state index contributed by atoms with van der Waals surface area (Å²) in [7, 11) is 3.03. The summed E-state index contributed by atoms with van der Waals surface area (Å²) >= 11 is 0. The number of amides is 4. The Morgan fingerprint density at radius 3 is 1.84 bits per heavy atom. The topological polar surface area (TPSA) is 64.2 Å². The Morgan fingerprint density at radius 2 is 1.39 bits per heavy atom. The number of urea groups is 1. The molecule has 0 bridgehead atoms. The van der Waals surface area contributed by atoms with Crippen molar-refractivity contribution in [1.29, 1.82) is 0 Å². The molecule has 162 valence electrons. The van der Waals surface area contributed by atoms with E-state index in [2.05, 4.69) is 53.4 Å². The second-order valence-electron chi connectivity index (χ2n) is 8.15. The molecule has 2 aromatic carbocycles. The molecule has 0 radical (unpaired) electrons. The molecule has 7 heteroatoms. The standard InChI is InChI=1S/C24H28N4O3/c1-25-20(23(30)26(2)24(25)31)17-21(29)27-13-15-28(16-14-27)22(18-9-5-3-6-10-18)19-11-7-4-8-12-19/h3-12,20,22H,13-17H2,1-2H3/t20-/m0/s1. The zero-order valence-corrected chi connectivity index (χ0v) is 18.0. The Kier molecular flexibility index (Phi) is 6.04. The minimum atomic E-state index is -0.704. The molecule has 7 nitrogen and oxygen atoms in total. The number of carbonyl (C=O) groups is 3. The van der Waals surface area contributed by atoms with Crippen molar-refractivity contribution in [3.05, 3.63) is 71.8 Å². The first kappa shape index (κ1) is 21.1. The fourth-order valence-corrected chi connectivity index (χ4v) is 4.49. The first-order valence-electron chi connectivity index (χ1n) is 10.6. The maximum Gasteiger partial charge on any atom is 0.326 e. The molecule has 2 saturated heterocycles. The van der Waals surface area contributed by atoms with E-state index in [9.17, 15) is 14.4 Å². The van der Waals surface area contributed by atoms with Crippen LogP contribution in [0.5, 0.6) is 0 Å². The van der Waals surface area contributed by atoms with Crippen LogP contribution in [0.25, 0.3) is 0 Å². The lowest BCUT2D eigenvalue weighted by Crippen LogP contribution is -2.51. The molecule has 0 saturated carbocycles. The van der Waals surface area contributed by atoms with Gasteiger partial charge in [0.05, 0.1) is 12.5 Å². The third-order valence-corrected chi connectivity index (χ3v) is 6.30. The Labute approximate surface area is 182 Å². The average molecular weight is 421 g/mol. The molecule has 0 aromatic heterocycles. The summed E-state index contributed by atoms with van der Waals surface area (Å²) in [6.07, 6.45) is 0.0339. The van der Waals surface area contributed by atoms with Crippen LogP contribution < -0.4 is 0 Å². The van der Waals surface area contributed by atoms with Crippen LogP contribution in [0.15, 0.2) is 60.7 Å². The number of benzene rings is 2. The average Bonchev–Trinajstić information content (AvgIpc) is 2.99. The lowest BCUT2D eigenvalue weighted by atomic mass is 9.96. The van der Waals surface area contributed by atoms with E-state index in [0.29, 0.717) is 13.1 Å². The van der Waals surface area contributed by atoms with Crippen molar-refractivity contribution in [2.45, 2.75) is 18.5 Å². The van der Waals surface area contributed by atoms with Gasteiger partial charge in [-0.1, -0.05) is 60.7 Å². The van der Waals surface area contributed by atoms with E-state index in [1.165, 1.54) is 23.1 Å². The van der Waals surface area contributed by atoms with E-state index in [1.807, 2.05) is 17.0 Å². The van der Waals surface area contributed by atoms with Crippen molar-refractivity contribution < 1.29 is 14.4 Å². The van der Waals surface area contributed by atoms with E-state index in [1.54, 1.807) is 7.05 Å². The van der Waals surface area contributed by atoms with Crippen molar-refractivity contribution in [2.75, 3.05) is 40.3 Å². The lowest BCUT2D eigenvalue weighted by Gasteiger charge is -2.40. The van der Waals surface area contributed by atoms with Gasteiger partial charge in [-0.2, -0.15) is 0 Å². The zero-order valence-electron chi connectivity index (χ0n) is 18.0. The predicted molar refractivity (Wildman–Crippen MR) is 117 cm³/mol. The first-order chi connectivity index (χ1) is 15.0. The Hall–Kier alpha value is -3.19.